The summed E-state index contributed by atoms with van der Waals surface area (Å²) in [5.41, 5.74) is 5.45. The van der Waals surface area contributed by atoms with Crippen molar-refractivity contribution in [3.8, 4) is 0 Å². The second-order valence-electron chi connectivity index (χ2n) is 3.55. The van der Waals surface area contributed by atoms with Gasteiger partial charge in [0, 0.05) is 6.54 Å². The number of hydrogen-bond acceptors (Lipinski definition) is 5. The van der Waals surface area contributed by atoms with E-state index in [1.165, 1.54) is 0 Å². The van der Waals surface area contributed by atoms with Crippen molar-refractivity contribution in [3.63, 3.8) is 0 Å². The Labute approximate surface area is 82.1 Å². The van der Waals surface area contributed by atoms with E-state index in [4.69, 9.17) is 5.73 Å². The van der Waals surface area contributed by atoms with Crippen LogP contribution in [0.3, 0.4) is 0 Å². The van der Waals surface area contributed by atoms with Gasteiger partial charge in [0.1, 0.15) is 0 Å². The van der Waals surface area contributed by atoms with Crippen LogP contribution in [0.25, 0.3) is 0 Å². The van der Waals surface area contributed by atoms with Crippen LogP contribution in [0, 0.1) is 0 Å². The van der Waals surface area contributed by atoms with Gasteiger partial charge in [-0.05, 0) is 19.3 Å². The number of hydrogen-bond donors (Lipinski definition) is 3. The Bertz CT molecular complexity index is 300. The molecule has 1 aromatic heterocycles. The zero-order valence-electron chi connectivity index (χ0n) is 7.98. The molecule has 4 N–H and O–H groups in total. The van der Waals surface area contributed by atoms with E-state index < -0.39 is 0 Å². The lowest BCUT2D eigenvalue weighted by molar-refractivity contribution is 0.239. The standard InChI is InChI=1S/C8H15N5O/c9-7-10-8(12-11-7)13-4-2-1-3-6(13)5-14/h6,14H,1-5H2,(H3,9,10,11,12). The number of anilines is 2. The number of nitrogens with zero attached hydrogens (tertiary/aromatic N) is 3. The number of rotatable bonds is 2. The summed E-state index contributed by atoms with van der Waals surface area (Å²) in [5, 5.41) is 15.8. The summed E-state index contributed by atoms with van der Waals surface area (Å²) in [4.78, 5) is 6.07. The van der Waals surface area contributed by atoms with Gasteiger partial charge in [0.25, 0.3) is 0 Å². The Kier molecular flexibility index (Phi) is 2.53. The van der Waals surface area contributed by atoms with Gasteiger partial charge in [-0.2, -0.15) is 4.98 Å². The summed E-state index contributed by atoms with van der Waals surface area (Å²) in [6.45, 7) is 1.04. The first-order valence-corrected chi connectivity index (χ1v) is 4.86. The van der Waals surface area contributed by atoms with Gasteiger partial charge in [0.2, 0.25) is 11.9 Å². The molecule has 0 aliphatic carbocycles. The van der Waals surface area contributed by atoms with Gasteiger partial charge < -0.3 is 15.7 Å². The zero-order chi connectivity index (χ0) is 9.97. The third-order valence-electron chi connectivity index (χ3n) is 2.59. The van der Waals surface area contributed by atoms with Crippen LogP contribution in [0.4, 0.5) is 11.9 Å². The van der Waals surface area contributed by atoms with E-state index in [9.17, 15) is 5.11 Å². The van der Waals surface area contributed by atoms with Crippen LogP contribution in [-0.4, -0.2) is 39.5 Å². The molecule has 78 valence electrons. The van der Waals surface area contributed by atoms with E-state index in [-0.39, 0.29) is 12.6 Å². The van der Waals surface area contributed by atoms with E-state index in [1.807, 2.05) is 4.90 Å². The van der Waals surface area contributed by atoms with Gasteiger partial charge in [-0.3, -0.25) is 0 Å². The molecule has 0 amide bonds. The van der Waals surface area contributed by atoms with Crippen LogP contribution in [0.5, 0.6) is 0 Å². The molecule has 0 bridgehead atoms. The molecule has 0 radical (unpaired) electrons. The molecule has 1 unspecified atom stereocenters. The average Bonchev–Trinajstić information content (AvgIpc) is 2.65. The normalized spacial score (nSPS) is 22.6. The van der Waals surface area contributed by atoms with Crippen molar-refractivity contribution in [1.82, 2.24) is 15.2 Å². The van der Waals surface area contributed by atoms with Gasteiger partial charge in [-0.25, -0.2) is 5.10 Å². The van der Waals surface area contributed by atoms with Crippen molar-refractivity contribution in [2.45, 2.75) is 25.3 Å². The fourth-order valence-corrected chi connectivity index (χ4v) is 1.85. The molecule has 0 saturated carbocycles. The molecule has 1 aliphatic rings. The molecule has 1 aromatic rings. The zero-order valence-corrected chi connectivity index (χ0v) is 7.98. The van der Waals surface area contributed by atoms with Crippen LogP contribution in [-0.2, 0) is 0 Å². The summed E-state index contributed by atoms with van der Waals surface area (Å²) in [6, 6.07) is 0.138. The van der Waals surface area contributed by atoms with Gasteiger partial charge in [0.15, 0.2) is 0 Å². The summed E-state index contributed by atoms with van der Waals surface area (Å²) < 4.78 is 0. The van der Waals surface area contributed by atoms with E-state index in [0.717, 1.165) is 25.8 Å². The number of aliphatic hydroxyl groups is 1. The van der Waals surface area contributed by atoms with Crippen molar-refractivity contribution < 1.29 is 5.11 Å². The van der Waals surface area contributed by atoms with Crippen molar-refractivity contribution in [1.29, 1.82) is 0 Å². The van der Waals surface area contributed by atoms with Crippen LogP contribution < -0.4 is 10.6 Å². The molecule has 1 aliphatic heterocycles. The second-order valence-corrected chi connectivity index (χ2v) is 3.55. The van der Waals surface area contributed by atoms with Crippen molar-refractivity contribution >= 4 is 11.9 Å². The topological polar surface area (TPSA) is 91.1 Å². The molecule has 0 aromatic carbocycles. The van der Waals surface area contributed by atoms with E-state index in [1.54, 1.807) is 0 Å². The van der Waals surface area contributed by atoms with Crippen LogP contribution in [0.2, 0.25) is 0 Å². The molecule has 6 nitrogen and oxygen atoms in total. The van der Waals surface area contributed by atoms with Crippen molar-refractivity contribution in [2.24, 2.45) is 0 Å². The quantitative estimate of drug-likeness (QED) is 0.607. The number of aromatic amines is 1. The first-order valence-electron chi connectivity index (χ1n) is 4.86. The molecular weight excluding hydrogens is 182 g/mol. The smallest absolute Gasteiger partial charge is 0.246 e. The maximum atomic E-state index is 9.19. The average molecular weight is 197 g/mol. The highest BCUT2D eigenvalue weighted by Gasteiger charge is 2.24. The molecule has 14 heavy (non-hydrogen) atoms. The summed E-state index contributed by atoms with van der Waals surface area (Å²) >= 11 is 0. The monoisotopic (exact) mass is 197 g/mol. The highest BCUT2D eigenvalue weighted by Crippen LogP contribution is 2.21. The molecule has 2 rings (SSSR count). The van der Waals surface area contributed by atoms with Gasteiger partial charge in [-0.1, -0.05) is 0 Å². The predicted octanol–water partition coefficient (Wildman–Crippen LogP) is -0.262. The van der Waals surface area contributed by atoms with E-state index >= 15 is 0 Å². The lowest BCUT2D eigenvalue weighted by atomic mass is 10.0. The van der Waals surface area contributed by atoms with Gasteiger partial charge >= 0.3 is 0 Å². The van der Waals surface area contributed by atoms with Gasteiger partial charge in [0.05, 0.1) is 12.6 Å². The minimum absolute atomic E-state index is 0.138. The molecule has 1 saturated heterocycles. The van der Waals surface area contributed by atoms with Crippen molar-refractivity contribution in [3.05, 3.63) is 0 Å². The third-order valence-corrected chi connectivity index (χ3v) is 2.59. The summed E-state index contributed by atoms with van der Waals surface area (Å²) in [7, 11) is 0. The first-order chi connectivity index (χ1) is 6.81. The predicted molar refractivity (Wildman–Crippen MR) is 52.9 cm³/mol. The lowest BCUT2D eigenvalue weighted by Gasteiger charge is -2.33. The summed E-state index contributed by atoms with van der Waals surface area (Å²) in [5.74, 6) is 0.920. The third kappa shape index (κ3) is 1.65. The number of aromatic nitrogens is 3. The highest BCUT2D eigenvalue weighted by atomic mass is 16.3. The highest BCUT2D eigenvalue weighted by molar-refractivity contribution is 5.35. The molecule has 0 spiro atoms. The number of nitrogens with one attached hydrogen (secondary N) is 1. The molecule has 1 atom stereocenters. The number of aliphatic hydroxyl groups excluding tert-OH is 1. The number of nitrogen functional groups attached to an aromatic ring is 1. The number of H-pyrrole nitrogens is 1. The lowest BCUT2D eigenvalue weighted by Crippen LogP contribution is -2.42. The molecule has 2 heterocycles. The minimum Gasteiger partial charge on any atom is -0.394 e. The Balaban J connectivity index is 2.14. The number of piperidine rings is 1. The maximum Gasteiger partial charge on any atom is 0.246 e. The Morgan fingerprint density at radius 2 is 2.43 bits per heavy atom. The van der Waals surface area contributed by atoms with Gasteiger partial charge in [-0.15, -0.1) is 5.10 Å². The van der Waals surface area contributed by atoms with Crippen LogP contribution >= 0.6 is 0 Å². The van der Waals surface area contributed by atoms with Crippen LogP contribution in [0.15, 0.2) is 0 Å². The Hall–Kier alpha value is -1.30. The second kappa shape index (κ2) is 3.83. The maximum absolute atomic E-state index is 9.19. The van der Waals surface area contributed by atoms with E-state index in [2.05, 4.69) is 15.2 Å². The molecule has 1 fully saturated rings. The summed E-state index contributed by atoms with van der Waals surface area (Å²) in [6.07, 6.45) is 3.26. The fraction of sp³-hybridized carbons (Fsp3) is 0.750. The Morgan fingerprint density at radius 3 is 3.07 bits per heavy atom. The minimum atomic E-state index is 0.138. The largest absolute Gasteiger partial charge is 0.394 e. The van der Waals surface area contributed by atoms with Crippen molar-refractivity contribution in [2.75, 3.05) is 23.8 Å². The SMILES string of the molecule is Nc1nc(N2CCCCC2CO)n[nH]1. The Morgan fingerprint density at radius 1 is 1.57 bits per heavy atom. The van der Waals surface area contributed by atoms with Crippen LogP contribution in [0.1, 0.15) is 19.3 Å². The van der Waals surface area contributed by atoms with E-state index in [0.29, 0.717) is 11.9 Å². The molecule has 6 heteroatoms. The fourth-order valence-electron chi connectivity index (χ4n) is 1.85. The molecular formula is C8H15N5O. The number of nitrogens with two attached hydrogens (primary N) is 1. The first kappa shape index (κ1) is 9.26.